The van der Waals surface area contributed by atoms with Gasteiger partial charge in [0.1, 0.15) is 23.4 Å². The quantitative estimate of drug-likeness (QED) is 0.756. The molecule has 0 spiro atoms. The van der Waals surface area contributed by atoms with Crippen LogP contribution in [0.25, 0.3) is 10.6 Å². The highest BCUT2D eigenvalue weighted by molar-refractivity contribution is 7.17. The molecular weight excluding hydrogens is 302 g/mol. The number of amides is 1. The number of furan rings is 2. The number of hydrogen-bond acceptors (Lipinski definition) is 5. The van der Waals surface area contributed by atoms with Crippen molar-refractivity contribution in [2.24, 2.45) is 0 Å². The second kappa shape index (κ2) is 6.21. The first-order valence-electron chi connectivity index (χ1n) is 6.80. The van der Waals surface area contributed by atoms with Crippen LogP contribution in [0.4, 0.5) is 0 Å². The Labute approximate surface area is 131 Å². The van der Waals surface area contributed by atoms with Gasteiger partial charge in [0.25, 0.3) is 5.91 Å². The largest absolute Gasteiger partial charge is 0.467 e. The first kappa shape index (κ1) is 14.6. The number of carbonyl (C=O) groups excluding carboxylic acids is 1. The number of aliphatic hydroxyl groups excluding tert-OH is 1. The first-order valence-corrected chi connectivity index (χ1v) is 7.61. The fourth-order valence-corrected chi connectivity index (χ4v) is 2.90. The van der Waals surface area contributed by atoms with E-state index in [1.165, 1.54) is 17.6 Å². The molecule has 0 saturated heterocycles. The molecule has 0 fully saturated rings. The van der Waals surface area contributed by atoms with Crippen molar-refractivity contribution in [3.63, 3.8) is 0 Å². The van der Waals surface area contributed by atoms with Crippen LogP contribution in [0, 0.1) is 6.92 Å². The summed E-state index contributed by atoms with van der Waals surface area (Å²) in [6.07, 6.45) is 0.628. The van der Waals surface area contributed by atoms with E-state index in [9.17, 15) is 9.90 Å². The molecule has 1 amide bonds. The van der Waals surface area contributed by atoms with Crippen LogP contribution < -0.4 is 5.32 Å². The number of thiophene rings is 1. The standard InChI is InChI=1S/C16H15NO4S/c1-10-4-5-13(21-10)14-6-7-15(22-14)16(19)17-9-11(18)12-3-2-8-20-12/h2-8,11,18H,9H2,1H3,(H,17,19). The van der Waals surface area contributed by atoms with Gasteiger partial charge in [-0.25, -0.2) is 0 Å². The predicted molar refractivity (Wildman–Crippen MR) is 82.8 cm³/mol. The molecule has 0 aliphatic carbocycles. The van der Waals surface area contributed by atoms with Crippen molar-refractivity contribution in [1.29, 1.82) is 0 Å². The summed E-state index contributed by atoms with van der Waals surface area (Å²) in [6.45, 7) is 1.97. The Hall–Kier alpha value is -2.31. The summed E-state index contributed by atoms with van der Waals surface area (Å²) in [4.78, 5) is 13.6. The van der Waals surface area contributed by atoms with Gasteiger partial charge in [-0.3, -0.25) is 4.79 Å². The molecule has 3 heterocycles. The van der Waals surface area contributed by atoms with Crippen LogP contribution in [-0.4, -0.2) is 17.6 Å². The molecule has 3 aromatic heterocycles. The van der Waals surface area contributed by atoms with E-state index in [1.807, 2.05) is 25.1 Å². The SMILES string of the molecule is Cc1ccc(-c2ccc(C(=O)NCC(O)c3ccco3)s2)o1. The van der Waals surface area contributed by atoms with E-state index >= 15 is 0 Å². The van der Waals surface area contributed by atoms with Gasteiger partial charge >= 0.3 is 0 Å². The molecule has 22 heavy (non-hydrogen) atoms. The lowest BCUT2D eigenvalue weighted by atomic mass is 10.2. The van der Waals surface area contributed by atoms with Crippen molar-refractivity contribution < 1.29 is 18.7 Å². The molecule has 0 saturated carbocycles. The fraction of sp³-hybridized carbons (Fsp3) is 0.188. The van der Waals surface area contributed by atoms with Crippen molar-refractivity contribution in [2.75, 3.05) is 6.54 Å². The molecule has 0 aromatic carbocycles. The Bertz CT molecular complexity index is 757. The number of carbonyl (C=O) groups is 1. The maximum Gasteiger partial charge on any atom is 0.261 e. The third-order valence-electron chi connectivity index (χ3n) is 3.14. The molecule has 3 aromatic rings. The van der Waals surface area contributed by atoms with Crippen LogP contribution in [0.15, 0.2) is 51.5 Å². The molecule has 114 valence electrons. The van der Waals surface area contributed by atoms with Crippen LogP contribution in [-0.2, 0) is 0 Å². The maximum atomic E-state index is 12.1. The Kier molecular flexibility index (Phi) is 4.13. The third kappa shape index (κ3) is 3.13. The lowest BCUT2D eigenvalue weighted by molar-refractivity contribution is 0.0905. The van der Waals surface area contributed by atoms with E-state index in [1.54, 1.807) is 18.2 Å². The summed E-state index contributed by atoms with van der Waals surface area (Å²) in [5, 5.41) is 12.6. The van der Waals surface area contributed by atoms with Crippen LogP contribution in [0.5, 0.6) is 0 Å². The lowest BCUT2D eigenvalue weighted by Crippen LogP contribution is -2.27. The molecule has 5 nitrogen and oxygen atoms in total. The maximum absolute atomic E-state index is 12.1. The minimum atomic E-state index is -0.855. The Morgan fingerprint density at radius 1 is 1.32 bits per heavy atom. The molecule has 6 heteroatoms. The number of aryl methyl sites for hydroxylation is 1. The topological polar surface area (TPSA) is 75.6 Å². The lowest BCUT2D eigenvalue weighted by Gasteiger charge is -2.08. The fourth-order valence-electron chi connectivity index (χ4n) is 2.02. The molecule has 1 unspecified atom stereocenters. The minimum Gasteiger partial charge on any atom is -0.467 e. The normalized spacial score (nSPS) is 12.3. The highest BCUT2D eigenvalue weighted by atomic mass is 32.1. The zero-order valence-corrected chi connectivity index (χ0v) is 12.7. The predicted octanol–water partition coefficient (Wildman–Crippen LogP) is 3.37. The van der Waals surface area contributed by atoms with Crippen molar-refractivity contribution in [3.05, 3.63) is 59.1 Å². The monoisotopic (exact) mass is 317 g/mol. The molecule has 0 aliphatic rings. The molecule has 0 radical (unpaired) electrons. The van der Waals surface area contributed by atoms with Gasteiger partial charge in [0.05, 0.1) is 22.6 Å². The van der Waals surface area contributed by atoms with Crippen molar-refractivity contribution in [3.8, 4) is 10.6 Å². The Morgan fingerprint density at radius 2 is 2.18 bits per heavy atom. The third-order valence-corrected chi connectivity index (χ3v) is 4.24. The molecule has 0 bridgehead atoms. The van der Waals surface area contributed by atoms with Gasteiger partial charge in [0.2, 0.25) is 0 Å². The summed E-state index contributed by atoms with van der Waals surface area (Å²) in [5.41, 5.74) is 0. The van der Waals surface area contributed by atoms with Gasteiger partial charge in [0.15, 0.2) is 0 Å². The Morgan fingerprint density at radius 3 is 2.86 bits per heavy atom. The molecule has 0 aliphatic heterocycles. The van der Waals surface area contributed by atoms with Gasteiger partial charge in [-0.2, -0.15) is 0 Å². The molecule has 1 atom stereocenters. The van der Waals surface area contributed by atoms with E-state index in [2.05, 4.69) is 5.32 Å². The highest BCUT2D eigenvalue weighted by Gasteiger charge is 2.15. The first-order chi connectivity index (χ1) is 10.6. The Balaban J connectivity index is 1.62. The van der Waals surface area contributed by atoms with Gasteiger partial charge in [-0.1, -0.05) is 0 Å². The number of hydrogen-bond donors (Lipinski definition) is 2. The second-order valence-electron chi connectivity index (χ2n) is 4.82. The number of aliphatic hydroxyl groups is 1. The van der Waals surface area contributed by atoms with E-state index in [-0.39, 0.29) is 12.5 Å². The second-order valence-corrected chi connectivity index (χ2v) is 5.90. The van der Waals surface area contributed by atoms with Crippen molar-refractivity contribution >= 4 is 17.2 Å². The van der Waals surface area contributed by atoms with E-state index in [0.29, 0.717) is 10.6 Å². The van der Waals surface area contributed by atoms with Crippen LogP contribution in [0.2, 0.25) is 0 Å². The van der Waals surface area contributed by atoms with Gasteiger partial charge in [-0.15, -0.1) is 11.3 Å². The summed E-state index contributed by atoms with van der Waals surface area (Å²) < 4.78 is 10.6. The molecule has 2 N–H and O–H groups in total. The zero-order chi connectivity index (χ0) is 15.5. The zero-order valence-electron chi connectivity index (χ0n) is 11.9. The minimum absolute atomic E-state index is 0.0967. The van der Waals surface area contributed by atoms with Gasteiger partial charge in [0, 0.05) is 0 Å². The van der Waals surface area contributed by atoms with E-state index < -0.39 is 6.10 Å². The number of nitrogens with one attached hydrogen (secondary N) is 1. The van der Waals surface area contributed by atoms with Crippen molar-refractivity contribution in [1.82, 2.24) is 5.32 Å². The van der Waals surface area contributed by atoms with Crippen LogP contribution in [0.3, 0.4) is 0 Å². The van der Waals surface area contributed by atoms with Crippen molar-refractivity contribution in [2.45, 2.75) is 13.0 Å². The van der Waals surface area contributed by atoms with E-state index in [0.717, 1.165) is 16.4 Å². The summed E-state index contributed by atoms with van der Waals surface area (Å²) in [6, 6.07) is 10.7. The average molecular weight is 317 g/mol. The molecule has 3 rings (SSSR count). The summed E-state index contributed by atoms with van der Waals surface area (Å²) in [7, 11) is 0. The van der Waals surface area contributed by atoms with Crippen LogP contribution >= 0.6 is 11.3 Å². The molecular formula is C16H15NO4S. The average Bonchev–Trinajstić information content (AvgIpc) is 3.23. The van der Waals surface area contributed by atoms with Crippen LogP contribution in [0.1, 0.15) is 27.3 Å². The summed E-state index contributed by atoms with van der Waals surface area (Å²) in [5.74, 6) is 1.77. The highest BCUT2D eigenvalue weighted by Crippen LogP contribution is 2.29. The van der Waals surface area contributed by atoms with E-state index in [4.69, 9.17) is 8.83 Å². The number of rotatable bonds is 5. The van der Waals surface area contributed by atoms with Gasteiger partial charge < -0.3 is 19.3 Å². The van der Waals surface area contributed by atoms with Gasteiger partial charge in [-0.05, 0) is 43.3 Å². The smallest absolute Gasteiger partial charge is 0.261 e. The summed E-state index contributed by atoms with van der Waals surface area (Å²) >= 11 is 1.35.